The molecule has 0 fully saturated rings. The van der Waals surface area contributed by atoms with E-state index in [4.69, 9.17) is 10.5 Å². The molecule has 0 saturated heterocycles. The summed E-state index contributed by atoms with van der Waals surface area (Å²) in [5.41, 5.74) is 2.33. The highest BCUT2D eigenvalue weighted by atomic mass is 19.1. The van der Waals surface area contributed by atoms with Gasteiger partial charge in [-0.05, 0) is 6.92 Å². The molecule has 0 bridgehead atoms. The molecule has 16 heavy (non-hydrogen) atoms. The van der Waals surface area contributed by atoms with Crippen LogP contribution in [0.15, 0.2) is 0 Å². The molecule has 5 nitrogen and oxygen atoms in total. The number of amides is 2. The van der Waals surface area contributed by atoms with Crippen LogP contribution < -0.4 is 5.73 Å². The van der Waals surface area contributed by atoms with Crippen molar-refractivity contribution in [1.29, 1.82) is 0 Å². The predicted molar refractivity (Wildman–Crippen MR) is 57.5 cm³/mol. The first-order chi connectivity index (χ1) is 7.08. The Hall–Kier alpha value is -1.33. The molecule has 0 aliphatic heterocycles. The van der Waals surface area contributed by atoms with Gasteiger partial charge < -0.3 is 15.4 Å². The van der Waals surface area contributed by atoms with E-state index in [1.807, 2.05) is 0 Å². The summed E-state index contributed by atoms with van der Waals surface area (Å²) in [6, 6.07) is 0. The van der Waals surface area contributed by atoms with Gasteiger partial charge in [0.25, 0.3) is 5.91 Å². The Bertz CT molecular complexity index is 292. The number of ether oxygens (including phenoxy) is 1. The monoisotopic (exact) mass is 234 g/mol. The molecule has 0 aliphatic rings. The van der Waals surface area contributed by atoms with E-state index in [0.29, 0.717) is 0 Å². The van der Waals surface area contributed by atoms with Gasteiger partial charge in [0.2, 0.25) is 0 Å². The van der Waals surface area contributed by atoms with Gasteiger partial charge in [-0.2, -0.15) is 0 Å². The highest BCUT2D eigenvalue weighted by Gasteiger charge is 2.50. The number of hydrogen-bond donors (Lipinski definition) is 1. The quantitative estimate of drug-likeness (QED) is 0.786. The van der Waals surface area contributed by atoms with Gasteiger partial charge in [-0.1, -0.05) is 13.8 Å². The van der Waals surface area contributed by atoms with Gasteiger partial charge >= 0.3 is 6.09 Å². The second-order valence-corrected chi connectivity index (χ2v) is 4.68. The molecule has 2 amide bonds. The van der Waals surface area contributed by atoms with E-state index in [0.717, 1.165) is 4.90 Å². The molecule has 0 spiro atoms. The number of nitrogens with two attached hydrogens (primary N) is 1. The standard InChI is InChI=1S/C10H19FN2O3/c1-9(2,6-11)10(3,7(12)14)16-8(15)13(4)5/h6H2,1-5H3,(H2,12,14). The Morgan fingerprint density at radius 1 is 1.31 bits per heavy atom. The minimum Gasteiger partial charge on any atom is -0.432 e. The zero-order valence-electron chi connectivity index (χ0n) is 10.3. The molecule has 1 unspecified atom stereocenters. The van der Waals surface area contributed by atoms with E-state index >= 15 is 0 Å². The number of hydrogen-bond acceptors (Lipinski definition) is 3. The lowest BCUT2D eigenvalue weighted by atomic mass is 9.76. The van der Waals surface area contributed by atoms with Crippen molar-refractivity contribution in [2.75, 3.05) is 20.8 Å². The lowest BCUT2D eigenvalue weighted by molar-refractivity contribution is -0.150. The zero-order valence-corrected chi connectivity index (χ0v) is 10.3. The van der Waals surface area contributed by atoms with Crippen molar-refractivity contribution >= 4 is 12.0 Å². The first-order valence-corrected chi connectivity index (χ1v) is 4.84. The summed E-state index contributed by atoms with van der Waals surface area (Å²) in [4.78, 5) is 23.9. The van der Waals surface area contributed by atoms with Crippen LogP contribution in [0.25, 0.3) is 0 Å². The van der Waals surface area contributed by atoms with Crippen molar-refractivity contribution in [3.8, 4) is 0 Å². The fraction of sp³-hybridized carbons (Fsp3) is 0.800. The molecule has 2 N–H and O–H groups in total. The van der Waals surface area contributed by atoms with E-state index < -0.39 is 29.7 Å². The molecule has 94 valence electrons. The zero-order chi connectivity index (χ0) is 13.1. The molecule has 0 saturated carbocycles. The summed E-state index contributed by atoms with van der Waals surface area (Å²) in [7, 11) is 2.93. The van der Waals surface area contributed by atoms with Crippen molar-refractivity contribution in [3.05, 3.63) is 0 Å². The summed E-state index contributed by atoms with van der Waals surface area (Å²) < 4.78 is 17.9. The number of carbonyl (C=O) groups is 2. The Balaban J connectivity index is 5.15. The molecule has 0 radical (unpaired) electrons. The van der Waals surface area contributed by atoms with Crippen LogP contribution in [0.5, 0.6) is 0 Å². The minimum atomic E-state index is -1.68. The molecule has 0 aliphatic carbocycles. The molecule has 0 heterocycles. The third-order valence-electron chi connectivity index (χ3n) is 2.75. The molecule has 0 aromatic carbocycles. The number of alkyl halides is 1. The normalized spacial score (nSPS) is 15.1. The summed E-state index contributed by atoms with van der Waals surface area (Å²) in [5.74, 6) is -0.870. The van der Waals surface area contributed by atoms with Crippen molar-refractivity contribution in [3.63, 3.8) is 0 Å². The van der Waals surface area contributed by atoms with E-state index in [-0.39, 0.29) is 0 Å². The van der Waals surface area contributed by atoms with Gasteiger partial charge in [-0.15, -0.1) is 0 Å². The summed E-state index contributed by atoms with van der Waals surface area (Å²) in [6.07, 6.45) is -0.733. The predicted octanol–water partition coefficient (Wildman–Crippen LogP) is 0.924. The number of rotatable bonds is 4. The van der Waals surface area contributed by atoms with Gasteiger partial charge in [0.05, 0.1) is 6.67 Å². The summed E-state index contributed by atoms with van der Waals surface area (Å²) in [5, 5.41) is 0. The fourth-order valence-electron chi connectivity index (χ4n) is 0.915. The van der Waals surface area contributed by atoms with Gasteiger partial charge in [0.15, 0.2) is 5.60 Å². The van der Waals surface area contributed by atoms with Crippen LogP contribution in [0.3, 0.4) is 0 Å². The number of nitrogens with zero attached hydrogens (tertiary/aromatic N) is 1. The van der Waals surface area contributed by atoms with Crippen LogP contribution in [0.1, 0.15) is 20.8 Å². The number of halogens is 1. The Morgan fingerprint density at radius 2 is 1.75 bits per heavy atom. The fourth-order valence-corrected chi connectivity index (χ4v) is 0.915. The SMILES string of the molecule is CN(C)C(=O)OC(C)(C(N)=O)C(C)(C)CF. The van der Waals surface area contributed by atoms with Crippen LogP contribution in [0.4, 0.5) is 9.18 Å². The first kappa shape index (κ1) is 14.7. The van der Waals surface area contributed by atoms with Crippen LogP contribution in [-0.2, 0) is 9.53 Å². The van der Waals surface area contributed by atoms with E-state index in [2.05, 4.69) is 0 Å². The second kappa shape index (κ2) is 4.67. The van der Waals surface area contributed by atoms with Crippen molar-refractivity contribution < 1.29 is 18.7 Å². The molecule has 6 heteroatoms. The Kier molecular flexibility index (Phi) is 4.28. The van der Waals surface area contributed by atoms with Gasteiger partial charge in [0, 0.05) is 19.5 Å². The molecular formula is C10H19FN2O3. The topological polar surface area (TPSA) is 72.6 Å². The molecule has 0 rings (SSSR count). The maximum absolute atomic E-state index is 12.9. The molecule has 1 atom stereocenters. The van der Waals surface area contributed by atoms with Crippen molar-refractivity contribution in [1.82, 2.24) is 4.90 Å². The average Bonchev–Trinajstić information content (AvgIpc) is 2.16. The van der Waals surface area contributed by atoms with E-state index in [1.54, 1.807) is 0 Å². The third-order valence-corrected chi connectivity index (χ3v) is 2.75. The Morgan fingerprint density at radius 3 is 2.00 bits per heavy atom. The third kappa shape index (κ3) is 2.62. The van der Waals surface area contributed by atoms with Crippen LogP contribution in [-0.4, -0.2) is 43.3 Å². The van der Waals surface area contributed by atoms with Gasteiger partial charge in [-0.25, -0.2) is 4.79 Å². The lowest BCUT2D eigenvalue weighted by Crippen LogP contribution is -2.57. The Labute approximate surface area is 94.7 Å². The number of carbonyl (C=O) groups excluding carboxylic acids is 2. The summed E-state index contributed by atoms with van der Waals surface area (Å²) >= 11 is 0. The second-order valence-electron chi connectivity index (χ2n) is 4.68. The smallest absolute Gasteiger partial charge is 0.410 e. The lowest BCUT2D eigenvalue weighted by Gasteiger charge is -2.39. The molecular weight excluding hydrogens is 215 g/mol. The van der Waals surface area contributed by atoms with E-state index in [1.165, 1.54) is 34.9 Å². The van der Waals surface area contributed by atoms with Gasteiger partial charge in [-0.3, -0.25) is 9.18 Å². The van der Waals surface area contributed by atoms with Crippen molar-refractivity contribution in [2.45, 2.75) is 26.4 Å². The summed E-state index contributed by atoms with van der Waals surface area (Å²) in [6.45, 7) is 3.44. The van der Waals surface area contributed by atoms with Crippen molar-refractivity contribution in [2.24, 2.45) is 11.1 Å². The van der Waals surface area contributed by atoms with Crippen LogP contribution >= 0.6 is 0 Å². The van der Waals surface area contributed by atoms with E-state index in [9.17, 15) is 14.0 Å². The maximum atomic E-state index is 12.9. The highest BCUT2D eigenvalue weighted by Crippen LogP contribution is 2.34. The number of primary amides is 1. The van der Waals surface area contributed by atoms with Gasteiger partial charge in [0.1, 0.15) is 0 Å². The molecule has 0 aromatic heterocycles. The first-order valence-electron chi connectivity index (χ1n) is 4.84. The minimum absolute atomic E-state index is 0.733. The average molecular weight is 234 g/mol. The maximum Gasteiger partial charge on any atom is 0.410 e. The van der Waals surface area contributed by atoms with Crippen LogP contribution in [0, 0.1) is 5.41 Å². The largest absolute Gasteiger partial charge is 0.432 e. The van der Waals surface area contributed by atoms with Crippen LogP contribution in [0.2, 0.25) is 0 Å². The molecule has 0 aromatic rings. The highest BCUT2D eigenvalue weighted by molar-refractivity contribution is 5.86.